The van der Waals surface area contributed by atoms with Gasteiger partial charge in [0.2, 0.25) is 0 Å². The van der Waals surface area contributed by atoms with Gasteiger partial charge in [-0.2, -0.15) is 0 Å². The predicted octanol–water partition coefficient (Wildman–Crippen LogP) is 4.78. The summed E-state index contributed by atoms with van der Waals surface area (Å²) in [6.07, 6.45) is 0. The summed E-state index contributed by atoms with van der Waals surface area (Å²) in [7, 11) is 0. The van der Waals surface area contributed by atoms with Crippen molar-refractivity contribution in [3.63, 3.8) is 0 Å². The molecule has 0 aliphatic heterocycles. The number of hydrogen-bond acceptors (Lipinski definition) is 3. The molecule has 1 aromatic carbocycles. The molecular formula is C14H15Cl2NOS. The third-order valence-electron chi connectivity index (χ3n) is 2.71. The minimum Gasteiger partial charge on any atom is -0.492 e. The van der Waals surface area contributed by atoms with E-state index in [-0.39, 0.29) is 6.04 Å². The molecule has 19 heavy (non-hydrogen) atoms. The number of para-hydroxylation sites is 1. The molecule has 2 rings (SSSR count). The number of rotatable bonds is 6. The topological polar surface area (TPSA) is 21.3 Å². The summed E-state index contributed by atoms with van der Waals surface area (Å²) in [5.74, 6) is 0.883. The van der Waals surface area contributed by atoms with Gasteiger partial charge in [-0.1, -0.05) is 41.4 Å². The van der Waals surface area contributed by atoms with E-state index >= 15 is 0 Å². The molecule has 0 aliphatic rings. The monoisotopic (exact) mass is 315 g/mol. The largest absolute Gasteiger partial charge is 0.492 e. The van der Waals surface area contributed by atoms with Crippen molar-refractivity contribution in [3.05, 3.63) is 50.6 Å². The third kappa shape index (κ3) is 4.39. The lowest BCUT2D eigenvalue weighted by Gasteiger charge is -2.13. The van der Waals surface area contributed by atoms with Crippen molar-refractivity contribution in [3.8, 4) is 5.75 Å². The molecule has 0 saturated carbocycles. The zero-order chi connectivity index (χ0) is 13.7. The van der Waals surface area contributed by atoms with E-state index in [1.165, 1.54) is 11.3 Å². The lowest BCUT2D eigenvalue weighted by atomic mass is 10.2. The maximum Gasteiger partial charge on any atom is 0.119 e. The summed E-state index contributed by atoms with van der Waals surface area (Å²) in [5.41, 5.74) is 1.04. The van der Waals surface area contributed by atoms with Crippen molar-refractivity contribution in [2.24, 2.45) is 0 Å². The molecule has 1 aromatic heterocycles. The van der Waals surface area contributed by atoms with Crippen LogP contribution in [-0.4, -0.2) is 13.2 Å². The van der Waals surface area contributed by atoms with Gasteiger partial charge in [0, 0.05) is 12.6 Å². The Morgan fingerprint density at radius 2 is 2.00 bits per heavy atom. The molecule has 5 heteroatoms. The molecule has 0 fully saturated rings. The molecule has 2 aromatic rings. The van der Waals surface area contributed by atoms with Gasteiger partial charge < -0.3 is 10.1 Å². The first kappa shape index (κ1) is 14.7. The molecule has 0 radical (unpaired) electrons. The van der Waals surface area contributed by atoms with Gasteiger partial charge in [-0.25, -0.2) is 0 Å². The van der Waals surface area contributed by atoms with Crippen molar-refractivity contribution in [2.45, 2.75) is 13.0 Å². The minimum atomic E-state index is 0.163. The molecule has 0 amide bonds. The molecule has 0 aliphatic carbocycles. The van der Waals surface area contributed by atoms with Crippen LogP contribution >= 0.6 is 34.5 Å². The second kappa shape index (κ2) is 7.15. The van der Waals surface area contributed by atoms with E-state index in [4.69, 9.17) is 27.9 Å². The second-order valence-electron chi connectivity index (χ2n) is 4.12. The average Bonchev–Trinajstić information content (AvgIpc) is 2.75. The maximum absolute atomic E-state index is 6.11. The maximum atomic E-state index is 6.11. The fourth-order valence-electron chi connectivity index (χ4n) is 1.72. The van der Waals surface area contributed by atoms with Gasteiger partial charge in [0.15, 0.2) is 0 Å². The number of benzene rings is 1. The van der Waals surface area contributed by atoms with E-state index in [9.17, 15) is 0 Å². The van der Waals surface area contributed by atoms with Crippen LogP contribution < -0.4 is 10.1 Å². The lowest BCUT2D eigenvalue weighted by molar-refractivity contribution is 0.307. The Kier molecular flexibility index (Phi) is 5.52. The average molecular weight is 316 g/mol. The molecular weight excluding hydrogens is 301 g/mol. The molecule has 1 atom stereocenters. The van der Waals surface area contributed by atoms with E-state index < -0.39 is 0 Å². The number of ether oxygens (including phenoxy) is 1. The Labute approximate surface area is 127 Å². The Balaban J connectivity index is 1.75. The Hall–Kier alpha value is -0.740. The lowest BCUT2D eigenvalue weighted by Crippen LogP contribution is -2.24. The molecule has 1 unspecified atom stereocenters. The molecule has 0 bridgehead atoms. The SMILES string of the molecule is CC(NCCOc1ccccc1)c1cc(Cl)sc1Cl. The Morgan fingerprint density at radius 1 is 1.26 bits per heavy atom. The zero-order valence-electron chi connectivity index (χ0n) is 10.5. The first-order valence-electron chi connectivity index (χ1n) is 6.03. The second-order valence-corrected chi connectivity index (χ2v) is 6.40. The molecule has 102 valence electrons. The molecule has 0 spiro atoms. The normalized spacial score (nSPS) is 12.4. The first-order valence-corrected chi connectivity index (χ1v) is 7.60. The summed E-state index contributed by atoms with van der Waals surface area (Å²) in [6, 6.07) is 11.8. The van der Waals surface area contributed by atoms with E-state index in [1.54, 1.807) is 0 Å². The highest BCUT2D eigenvalue weighted by Crippen LogP contribution is 2.34. The highest BCUT2D eigenvalue weighted by Gasteiger charge is 2.12. The van der Waals surface area contributed by atoms with Crippen molar-refractivity contribution in [2.75, 3.05) is 13.2 Å². The quantitative estimate of drug-likeness (QED) is 0.774. The Morgan fingerprint density at radius 3 is 2.63 bits per heavy atom. The van der Waals surface area contributed by atoms with Crippen LogP contribution in [0.15, 0.2) is 36.4 Å². The summed E-state index contributed by atoms with van der Waals surface area (Å²) in [6.45, 7) is 3.43. The summed E-state index contributed by atoms with van der Waals surface area (Å²) in [4.78, 5) is 0. The molecule has 0 saturated heterocycles. The van der Waals surface area contributed by atoms with Gasteiger partial charge in [-0.3, -0.25) is 0 Å². The highest BCUT2D eigenvalue weighted by molar-refractivity contribution is 7.20. The van der Waals surface area contributed by atoms with Crippen molar-refractivity contribution < 1.29 is 4.74 Å². The summed E-state index contributed by atoms with van der Waals surface area (Å²) >= 11 is 13.4. The van der Waals surface area contributed by atoms with Crippen LogP contribution in [0.4, 0.5) is 0 Å². The van der Waals surface area contributed by atoms with E-state index in [0.29, 0.717) is 10.9 Å². The van der Waals surface area contributed by atoms with Crippen LogP contribution in [0, 0.1) is 0 Å². The van der Waals surface area contributed by atoms with Crippen molar-refractivity contribution in [1.82, 2.24) is 5.32 Å². The van der Waals surface area contributed by atoms with E-state index in [1.807, 2.05) is 36.4 Å². The van der Waals surface area contributed by atoms with Crippen LogP contribution in [-0.2, 0) is 0 Å². The van der Waals surface area contributed by atoms with Crippen LogP contribution in [0.5, 0.6) is 5.75 Å². The van der Waals surface area contributed by atoms with Crippen molar-refractivity contribution in [1.29, 1.82) is 0 Å². The number of halogens is 2. The standard InChI is InChI=1S/C14H15Cl2NOS/c1-10(12-9-13(15)19-14(12)16)17-7-8-18-11-5-3-2-4-6-11/h2-6,9-10,17H,7-8H2,1H3. The van der Waals surface area contributed by atoms with Gasteiger partial charge in [0.1, 0.15) is 12.4 Å². The van der Waals surface area contributed by atoms with Gasteiger partial charge in [0.05, 0.1) is 8.67 Å². The first-order chi connectivity index (χ1) is 9.16. The highest BCUT2D eigenvalue weighted by atomic mass is 35.5. The van der Waals surface area contributed by atoms with Crippen LogP contribution in [0.3, 0.4) is 0 Å². The molecule has 1 heterocycles. The van der Waals surface area contributed by atoms with Gasteiger partial charge in [-0.05, 0) is 30.7 Å². The summed E-state index contributed by atoms with van der Waals surface area (Å²) < 4.78 is 7.07. The van der Waals surface area contributed by atoms with E-state index in [2.05, 4.69) is 12.2 Å². The summed E-state index contributed by atoms with van der Waals surface area (Å²) in [5, 5.41) is 3.36. The van der Waals surface area contributed by atoms with E-state index in [0.717, 1.165) is 22.2 Å². The number of hydrogen-bond donors (Lipinski definition) is 1. The van der Waals surface area contributed by atoms with Gasteiger partial charge in [0.25, 0.3) is 0 Å². The number of nitrogens with one attached hydrogen (secondary N) is 1. The third-order valence-corrected chi connectivity index (χ3v) is 4.23. The number of thiophene rings is 1. The van der Waals surface area contributed by atoms with Crippen LogP contribution in [0.1, 0.15) is 18.5 Å². The predicted molar refractivity (Wildman–Crippen MR) is 82.7 cm³/mol. The fraction of sp³-hybridized carbons (Fsp3) is 0.286. The van der Waals surface area contributed by atoms with Crippen molar-refractivity contribution >= 4 is 34.5 Å². The van der Waals surface area contributed by atoms with Crippen LogP contribution in [0.25, 0.3) is 0 Å². The van der Waals surface area contributed by atoms with Gasteiger partial charge in [-0.15, -0.1) is 11.3 Å². The van der Waals surface area contributed by atoms with Crippen LogP contribution in [0.2, 0.25) is 8.67 Å². The van der Waals surface area contributed by atoms with Gasteiger partial charge >= 0.3 is 0 Å². The minimum absolute atomic E-state index is 0.163. The Bertz CT molecular complexity index is 515. The zero-order valence-corrected chi connectivity index (χ0v) is 12.9. The molecule has 1 N–H and O–H groups in total. The fourth-order valence-corrected chi connectivity index (χ4v) is 3.36. The molecule has 2 nitrogen and oxygen atoms in total. The smallest absolute Gasteiger partial charge is 0.119 e.